The molecule has 0 saturated heterocycles. The number of aromatic nitrogens is 1. The van der Waals surface area contributed by atoms with Crippen LogP contribution in [0.4, 0.5) is 0 Å². The third-order valence-corrected chi connectivity index (χ3v) is 4.45. The molecular formula is C17H17ClN2O3. The van der Waals surface area contributed by atoms with E-state index in [1.807, 2.05) is 0 Å². The molecule has 2 aromatic rings. The molecule has 1 aromatic heterocycles. The SMILES string of the molecule is CCC(NC(=O)c1c2c(nc3ccc(Cl)cc13)CCC2)C(=O)O. The average Bonchev–Trinajstić information content (AvgIpc) is 2.97. The van der Waals surface area contributed by atoms with Gasteiger partial charge in [-0.25, -0.2) is 4.79 Å². The number of aryl methyl sites for hydroxylation is 1. The third-order valence-electron chi connectivity index (χ3n) is 4.21. The van der Waals surface area contributed by atoms with E-state index in [1.54, 1.807) is 25.1 Å². The van der Waals surface area contributed by atoms with E-state index in [1.165, 1.54) is 0 Å². The summed E-state index contributed by atoms with van der Waals surface area (Å²) in [6, 6.07) is 4.36. The second kappa shape index (κ2) is 6.16. The van der Waals surface area contributed by atoms with Crippen molar-refractivity contribution in [3.05, 3.63) is 40.0 Å². The van der Waals surface area contributed by atoms with Crippen LogP contribution in [0.5, 0.6) is 0 Å². The van der Waals surface area contributed by atoms with Crippen molar-refractivity contribution in [1.82, 2.24) is 10.3 Å². The molecule has 1 heterocycles. The van der Waals surface area contributed by atoms with Gasteiger partial charge in [-0.05, 0) is 49.4 Å². The third kappa shape index (κ3) is 2.88. The average molecular weight is 333 g/mol. The summed E-state index contributed by atoms with van der Waals surface area (Å²) in [6.45, 7) is 1.73. The van der Waals surface area contributed by atoms with Gasteiger partial charge in [-0.3, -0.25) is 9.78 Å². The molecule has 0 radical (unpaired) electrons. The number of amides is 1. The summed E-state index contributed by atoms with van der Waals surface area (Å²) in [5.41, 5.74) is 3.07. The molecule has 6 heteroatoms. The van der Waals surface area contributed by atoms with Crippen LogP contribution in [0.1, 0.15) is 41.4 Å². The summed E-state index contributed by atoms with van der Waals surface area (Å²) in [7, 11) is 0. The molecule has 1 aromatic carbocycles. The minimum atomic E-state index is -1.03. The topological polar surface area (TPSA) is 79.3 Å². The zero-order valence-corrected chi connectivity index (χ0v) is 13.5. The fourth-order valence-corrected chi connectivity index (χ4v) is 3.23. The first kappa shape index (κ1) is 15.7. The van der Waals surface area contributed by atoms with Gasteiger partial charge in [-0.2, -0.15) is 0 Å². The quantitative estimate of drug-likeness (QED) is 0.902. The summed E-state index contributed by atoms with van der Waals surface area (Å²) in [5.74, 6) is -1.40. The summed E-state index contributed by atoms with van der Waals surface area (Å²) in [6.07, 6.45) is 2.89. The van der Waals surface area contributed by atoms with E-state index < -0.39 is 12.0 Å². The number of carbonyl (C=O) groups is 2. The Kier molecular flexibility index (Phi) is 4.22. The number of nitrogens with zero attached hydrogens (tertiary/aromatic N) is 1. The van der Waals surface area contributed by atoms with Crippen molar-refractivity contribution in [1.29, 1.82) is 0 Å². The van der Waals surface area contributed by atoms with Crippen LogP contribution in [-0.2, 0) is 17.6 Å². The first-order valence-electron chi connectivity index (χ1n) is 7.66. The Morgan fingerprint density at radius 1 is 1.39 bits per heavy atom. The lowest BCUT2D eigenvalue weighted by atomic mass is 10.00. The Balaban J connectivity index is 2.13. The zero-order chi connectivity index (χ0) is 16.6. The minimum Gasteiger partial charge on any atom is -0.480 e. The number of rotatable bonds is 4. The molecule has 0 fully saturated rings. The van der Waals surface area contributed by atoms with Gasteiger partial charge in [0.2, 0.25) is 0 Å². The van der Waals surface area contributed by atoms with E-state index in [4.69, 9.17) is 11.6 Å². The monoisotopic (exact) mass is 332 g/mol. The van der Waals surface area contributed by atoms with Crippen molar-refractivity contribution in [2.24, 2.45) is 0 Å². The number of fused-ring (bicyclic) bond motifs is 2. The van der Waals surface area contributed by atoms with Crippen molar-refractivity contribution >= 4 is 34.4 Å². The van der Waals surface area contributed by atoms with Crippen LogP contribution >= 0.6 is 11.6 Å². The Hall–Kier alpha value is -2.14. The molecule has 1 aliphatic carbocycles. The molecule has 1 aliphatic rings. The van der Waals surface area contributed by atoms with Gasteiger partial charge in [0, 0.05) is 16.1 Å². The van der Waals surface area contributed by atoms with E-state index in [0.717, 1.165) is 30.5 Å². The number of carboxylic acids is 1. The Morgan fingerprint density at radius 2 is 2.17 bits per heavy atom. The number of pyridine rings is 1. The van der Waals surface area contributed by atoms with Crippen molar-refractivity contribution in [2.75, 3.05) is 0 Å². The molecular weight excluding hydrogens is 316 g/mol. The zero-order valence-electron chi connectivity index (χ0n) is 12.7. The Labute approximate surface area is 138 Å². The number of hydrogen-bond donors (Lipinski definition) is 2. The van der Waals surface area contributed by atoms with Gasteiger partial charge in [0.25, 0.3) is 5.91 Å². The number of halogens is 1. The molecule has 0 aliphatic heterocycles. The fraction of sp³-hybridized carbons (Fsp3) is 0.353. The molecule has 0 spiro atoms. The first-order chi connectivity index (χ1) is 11.0. The Bertz CT molecular complexity index is 804. The van der Waals surface area contributed by atoms with Gasteiger partial charge < -0.3 is 10.4 Å². The lowest BCUT2D eigenvalue weighted by molar-refractivity contribution is -0.139. The fourth-order valence-electron chi connectivity index (χ4n) is 3.06. The predicted octanol–water partition coefficient (Wildman–Crippen LogP) is 2.97. The molecule has 120 valence electrons. The highest BCUT2D eigenvalue weighted by Crippen LogP contribution is 2.31. The normalized spacial score (nSPS) is 14.5. The predicted molar refractivity (Wildman–Crippen MR) is 88.0 cm³/mol. The van der Waals surface area contributed by atoms with Crippen LogP contribution in [0, 0.1) is 0 Å². The van der Waals surface area contributed by atoms with Crippen LogP contribution in [0.15, 0.2) is 18.2 Å². The van der Waals surface area contributed by atoms with E-state index >= 15 is 0 Å². The van der Waals surface area contributed by atoms with E-state index in [2.05, 4.69) is 10.3 Å². The molecule has 1 amide bonds. The van der Waals surface area contributed by atoms with Crippen LogP contribution in [-0.4, -0.2) is 28.0 Å². The van der Waals surface area contributed by atoms with Crippen LogP contribution in [0.25, 0.3) is 10.9 Å². The van der Waals surface area contributed by atoms with Crippen LogP contribution < -0.4 is 5.32 Å². The highest BCUT2D eigenvalue weighted by atomic mass is 35.5. The minimum absolute atomic E-state index is 0.326. The number of nitrogens with one attached hydrogen (secondary N) is 1. The molecule has 1 unspecified atom stereocenters. The molecule has 5 nitrogen and oxygen atoms in total. The highest BCUT2D eigenvalue weighted by molar-refractivity contribution is 6.31. The van der Waals surface area contributed by atoms with Gasteiger partial charge in [0.05, 0.1) is 11.1 Å². The summed E-state index contributed by atoms with van der Waals surface area (Å²) >= 11 is 6.08. The van der Waals surface area contributed by atoms with Crippen molar-refractivity contribution in [3.8, 4) is 0 Å². The number of carbonyl (C=O) groups excluding carboxylic acids is 1. The number of aliphatic carboxylic acids is 1. The maximum absolute atomic E-state index is 12.8. The summed E-state index contributed by atoms with van der Waals surface area (Å²) in [5, 5.41) is 13.0. The van der Waals surface area contributed by atoms with Gasteiger partial charge in [0.1, 0.15) is 6.04 Å². The number of hydrogen-bond acceptors (Lipinski definition) is 3. The van der Waals surface area contributed by atoms with E-state index in [0.29, 0.717) is 27.9 Å². The van der Waals surface area contributed by atoms with Crippen molar-refractivity contribution in [2.45, 2.75) is 38.6 Å². The molecule has 0 bridgehead atoms. The van der Waals surface area contributed by atoms with Gasteiger partial charge in [0.15, 0.2) is 0 Å². The largest absolute Gasteiger partial charge is 0.480 e. The van der Waals surface area contributed by atoms with Crippen molar-refractivity contribution < 1.29 is 14.7 Å². The molecule has 1 atom stereocenters. The van der Waals surface area contributed by atoms with Crippen LogP contribution in [0.3, 0.4) is 0 Å². The molecule has 2 N–H and O–H groups in total. The Morgan fingerprint density at radius 3 is 2.87 bits per heavy atom. The maximum atomic E-state index is 12.8. The highest BCUT2D eigenvalue weighted by Gasteiger charge is 2.26. The van der Waals surface area contributed by atoms with Gasteiger partial charge >= 0.3 is 5.97 Å². The molecule has 23 heavy (non-hydrogen) atoms. The maximum Gasteiger partial charge on any atom is 0.326 e. The van der Waals surface area contributed by atoms with Crippen molar-refractivity contribution in [3.63, 3.8) is 0 Å². The standard InChI is InChI=1S/C17H17ClN2O3/c1-2-12(17(22)23)20-16(21)15-10-4-3-5-13(10)19-14-7-6-9(18)8-11(14)15/h6-8,12H,2-5H2,1H3,(H,20,21)(H,22,23). The summed E-state index contributed by atoms with van der Waals surface area (Å²) < 4.78 is 0. The summed E-state index contributed by atoms with van der Waals surface area (Å²) in [4.78, 5) is 28.6. The number of carboxylic acid groups (broad SMARTS) is 1. The van der Waals surface area contributed by atoms with E-state index in [-0.39, 0.29) is 5.91 Å². The smallest absolute Gasteiger partial charge is 0.326 e. The lowest BCUT2D eigenvalue weighted by Crippen LogP contribution is -2.40. The van der Waals surface area contributed by atoms with Crippen LogP contribution in [0.2, 0.25) is 5.02 Å². The number of benzene rings is 1. The second-order valence-corrected chi connectivity index (χ2v) is 6.14. The lowest BCUT2D eigenvalue weighted by Gasteiger charge is -2.16. The first-order valence-corrected chi connectivity index (χ1v) is 8.03. The van der Waals surface area contributed by atoms with E-state index in [9.17, 15) is 14.7 Å². The molecule has 0 saturated carbocycles. The van der Waals surface area contributed by atoms with Gasteiger partial charge in [-0.15, -0.1) is 0 Å². The second-order valence-electron chi connectivity index (χ2n) is 5.70. The molecule has 3 rings (SSSR count). The van der Waals surface area contributed by atoms with Gasteiger partial charge in [-0.1, -0.05) is 18.5 Å².